The first-order chi connectivity index (χ1) is 10.2. The fourth-order valence-electron chi connectivity index (χ4n) is 2.79. The van der Waals surface area contributed by atoms with E-state index in [1.165, 1.54) is 0 Å². The molecule has 0 spiro atoms. The second kappa shape index (κ2) is 7.43. The van der Waals surface area contributed by atoms with Crippen LogP contribution in [0.2, 0.25) is 0 Å². The molecular formula is C16H24N2O3. The number of rotatable bonds is 5. The van der Waals surface area contributed by atoms with Gasteiger partial charge >= 0.3 is 0 Å². The van der Waals surface area contributed by atoms with Crippen molar-refractivity contribution in [1.82, 2.24) is 10.2 Å². The number of amides is 1. The Morgan fingerprint density at radius 3 is 2.90 bits per heavy atom. The molecule has 2 unspecified atom stereocenters. The number of carbonyl (C=O) groups excluding carboxylic acids is 1. The fourth-order valence-corrected chi connectivity index (χ4v) is 2.79. The van der Waals surface area contributed by atoms with Gasteiger partial charge in [0, 0.05) is 32.3 Å². The number of methoxy groups -OCH3 is 2. The summed E-state index contributed by atoms with van der Waals surface area (Å²) >= 11 is 0. The Balaban J connectivity index is 2.24. The smallest absolute Gasteiger partial charge is 0.228 e. The molecule has 5 nitrogen and oxygen atoms in total. The third kappa shape index (κ3) is 3.54. The van der Waals surface area contributed by atoms with Crippen molar-refractivity contribution in [2.45, 2.75) is 13.0 Å². The number of carbonyl (C=O) groups is 1. The number of benzene rings is 1. The number of nitrogens with one attached hydrogen (secondary N) is 1. The van der Waals surface area contributed by atoms with Crippen molar-refractivity contribution in [1.29, 1.82) is 0 Å². The number of hydrogen-bond acceptors (Lipinski definition) is 4. The van der Waals surface area contributed by atoms with Gasteiger partial charge in [0.1, 0.15) is 5.75 Å². The highest BCUT2D eigenvalue weighted by atomic mass is 16.5. The molecule has 1 saturated heterocycles. The van der Waals surface area contributed by atoms with E-state index in [1.807, 2.05) is 36.1 Å². The zero-order valence-electron chi connectivity index (χ0n) is 13.0. The SMILES string of the molecule is COCC(C)C(=O)N1CCNCC1c1ccccc1OC. The lowest BCUT2D eigenvalue weighted by atomic mass is 10.00. The normalized spacial score (nSPS) is 20.1. The van der Waals surface area contributed by atoms with E-state index in [0.29, 0.717) is 13.2 Å². The van der Waals surface area contributed by atoms with Gasteiger partial charge in [-0.25, -0.2) is 0 Å². The second-order valence-electron chi connectivity index (χ2n) is 5.35. The summed E-state index contributed by atoms with van der Waals surface area (Å²) in [6.07, 6.45) is 0. The van der Waals surface area contributed by atoms with Crippen LogP contribution in [0, 0.1) is 5.92 Å². The van der Waals surface area contributed by atoms with Crippen LogP contribution in [-0.2, 0) is 9.53 Å². The molecule has 0 aromatic heterocycles. The van der Waals surface area contributed by atoms with E-state index in [4.69, 9.17) is 9.47 Å². The molecular weight excluding hydrogens is 268 g/mol. The summed E-state index contributed by atoms with van der Waals surface area (Å²) in [5.41, 5.74) is 1.05. The van der Waals surface area contributed by atoms with E-state index in [9.17, 15) is 4.79 Å². The van der Waals surface area contributed by atoms with Crippen LogP contribution in [-0.4, -0.2) is 51.3 Å². The van der Waals surface area contributed by atoms with Crippen LogP contribution in [0.1, 0.15) is 18.5 Å². The quantitative estimate of drug-likeness (QED) is 0.892. The molecule has 2 atom stereocenters. The maximum absolute atomic E-state index is 12.6. The van der Waals surface area contributed by atoms with Gasteiger partial charge in [0.05, 0.1) is 25.7 Å². The van der Waals surface area contributed by atoms with Crippen LogP contribution in [0.25, 0.3) is 0 Å². The van der Waals surface area contributed by atoms with Gasteiger partial charge in [0.2, 0.25) is 5.91 Å². The highest BCUT2D eigenvalue weighted by molar-refractivity contribution is 5.79. The molecule has 21 heavy (non-hydrogen) atoms. The number of para-hydroxylation sites is 1. The third-order valence-corrected chi connectivity index (χ3v) is 3.86. The first-order valence-corrected chi connectivity index (χ1v) is 7.32. The van der Waals surface area contributed by atoms with Crippen molar-refractivity contribution in [3.63, 3.8) is 0 Å². The van der Waals surface area contributed by atoms with Gasteiger partial charge in [-0.1, -0.05) is 25.1 Å². The van der Waals surface area contributed by atoms with Crippen LogP contribution in [0.3, 0.4) is 0 Å². The summed E-state index contributed by atoms with van der Waals surface area (Å²) < 4.78 is 10.6. The van der Waals surface area contributed by atoms with Crippen LogP contribution in [0.15, 0.2) is 24.3 Å². The highest BCUT2D eigenvalue weighted by Crippen LogP contribution is 2.31. The van der Waals surface area contributed by atoms with E-state index < -0.39 is 0 Å². The number of hydrogen-bond donors (Lipinski definition) is 1. The van der Waals surface area contributed by atoms with Crippen LogP contribution in [0.4, 0.5) is 0 Å². The molecule has 5 heteroatoms. The summed E-state index contributed by atoms with van der Waals surface area (Å²) in [7, 11) is 3.29. The monoisotopic (exact) mass is 292 g/mol. The summed E-state index contributed by atoms with van der Waals surface area (Å²) in [4.78, 5) is 14.6. The number of ether oxygens (including phenoxy) is 2. The molecule has 2 rings (SSSR count). The van der Waals surface area contributed by atoms with E-state index in [0.717, 1.165) is 24.4 Å². The highest BCUT2D eigenvalue weighted by Gasteiger charge is 2.31. The summed E-state index contributed by atoms with van der Waals surface area (Å²) in [6, 6.07) is 7.89. The first-order valence-electron chi connectivity index (χ1n) is 7.32. The topological polar surface area (TPSA) is 50.8 Å². The van der Waals surface area contributed by atoms with Gasteiger partial charge in [-0.2, -0.15) is 0 Å². The maximum Gasteiger partial charge on any atom is 0.228 e. The molecule has 116 valence electrons. The zero-order chi connectivity index (χ0) is 15.2. The Hall–Kier alpha value is -1.59. The molecule has 1 heterocycles. The second-order valence-corrected chi connectivity index (χ2v) is 5.35. The van der Waals surface area contributed by atoms with Crippen LogP contribution >= 0.6 is 0 Å². The van der Waals surface area contributed by atoms with Gasteiger partial charge in [-0.3, -0.25) is 4.79 Å². The van der Waals surface area contributed by atoms with Gasteiger partial charge in [-0.05, 0) is 6.07 Å². The van der Waals surface area contributed by atoms with Crippen molar-refractivity contribution in [3.05, 3.63) is 29.8 Å². The predicted octanol–water partition coefficient (Wildman–Crippen LogP) is 1.45. The van der Waals surface area contributed by atoms with Gasteiger partial charge in [0.15, 0.2) is 0 Å². The summed E-state index contributed by atoms with van der Waals surface area (Å²) in [5.74, 6) is 0.822. The molecule has 1 aliphatic rings. The number of nitrogens with zero attached hydrogens (tertiary/aromatic N) is 1. The summed E-state index contributed by atoms with van der Waals surface area (Å²) in [6.45, 7) is 4.62. The van der Waals surface area contributed by atoms with Crippen molar-refractivity contribution in [2.75, 3.05) is 40.5 Å². The molecule has 1 aliphatic heterocycles. The minimum Gasteiger partial charge on any atom is -0.496 e. The lowest BCUT2D eigenvalue weighted by molar-refractivity contribution is -0.140. The van der Waals surface area contributed by atoms with Gasteiger partial charge in [-0.15, -0.1) is 0 Å². The molecule has 0 bridgehead atoms. The maximum atomic E-state index is 12.6. The molecule has 1 fully saturated rings. The van der Waals surface area contributed by atoms with E-state index in [-0.39, 0.29) is 17.9 Å². The lowest BCUT2D eigenvalue weighted by Gasteiger charge is -2.38. The Kier molecular flexibility index (Phi) is 5.59. The summed E-state index contributed by atoms with van der Waals surface area (Å²) in [5, 5.41) is 3.36. The predicted molar refractivity (Wildman–Crippen MR) is 81.4 cm³/mol. The minimum absolute atomic E-state index is 0.00158. The fraction of sp³-hybridized carbons (Fsp3) is 0.562. The molecule has 1 aromatic carbocycles. The third-order valence-electron chi connectivity index (χ3n) is 3.86. The molecule has 0 aliphatic carbocycles. The largest absolute Gasteiger partial charge is 0.496 e. The molecule has 1 aromatic rings. The molecule has 1 N–H and O–H groups in total. The average molecular weight is 292 g/mol. The Labute approximate surface area is 126 Å². The molecule has 1 amide bonds. The lowest BCUT2D eigenvalue weighted by Crippen LogP contribution is -2.50. The van der Waals surface area contributed by atoms with Gasteiger partial charge in [0.25, 0.3) is 0 Å². The van der Waals surface area contributed by atoms with Gasteiger partial charge < -0.3 is 19.7 Å². The standard InChI is InChI=1S/C16H24N2O3/c1-12(11-20-2)16(19)18-9-8-17-10-14(18)13-6-4-5-7-15(13)21-3/h4-7,12,14,17H,8-11H2,1-3H3. The van der Waals surface area contributed by atoms with E-state index in [1.54, 1.807) is 14.2 Å². The van der Waals surface area contributed by atoms with E-state index in [2.05, 4.69) is 5.32 Å². The van der Waals surface area contributed by atoms with Crippen molar-refractivity contribution >= 4 is 5.91 Å². The van der Waals surface area contributed by atoms with E-state index >= 15 is 0 Å². The Bertz CT molecular complexity index is 478. The van der Waals surface area contributed by atoms with Crippen molar-refractivity contribution in [2.24, 2.45) is 5.92 Å². The molecule has 0 saturated carbocycles. The van der Waals surface area contributed by atoms with Crippen LogP contribution in [0.5, 0.6) is 5.75 Å². The Morgan fingerprint density at radius 1 is 1.43 bits per heavy atom. The minimum atomic E-state index is -0.134. The first kappa shape index (κ1) is 15.8. The molecule has 0 radical (unpaired) electrons. The zero-order valence-corrected chi connectivity index (χ0v) is 13.0. The Morgan fingerprint density at radius 2 is 2.19 bits per heavy atom. The van der Waals surface area contributed by atoms with Crippen LogP contribution < -0.4 is 10.1 Å². The van der Waals surface area contributed by atoms with Crippen molar-refractivity contribution < 1.29 is 14.3 Å². The number of piperazine rings is 1. The average Bonchev–Trinajstić information content (AvgIpc) is 2.54. The van der Waals surface area contributed by atoms with Crippen molar-refractivity contribution in [3.8, 4) is 5.75 Å².